The largest absolute Gasteiger partial charge is 0.434 e. The van der Waals surface area contributed by atoms with Crippen molar-refractivity contribution in [2.75, 3.05) is 25.5 Å². The van der Waals surface area contributed by atoms with Crippen LogP contribution in [-0.4, -0.2) is 88.6 Å². The maximum Gasteiger partial charge on any atom is 0.387 e. The van der Waals surface area contributed by atoms with Gasteiger partial charge < -0.3 is 15.0 Å². The number of hydrogen-bond acceptors (Lipinski definition) is 9. The number of nitrogens with one attached hydrogen (secondary N) is 1. The Bertz CT molecular complexity index is 1750. The Morgan fingerprint density at radius 1 is 1.21 bits per heavy atom. The van der Waals surface area contributed by atoms with Crippen molar-refractivity contribution in [2.24, 2.45) is 5.92 Å². The van der Waals surface area contributed by atoms with Crippen molar-refractivity contribution in [1.82, 2.24) is 49.5 Å². The van der Waals surface area contributed by atoms with Crippen LogP contribution >= 0.6 is 0 Å². The normalized spacial score (nSPS) is 14.1. The molecule has 0 aliphatic carbocycles. The molecule has 5 aromatic rings. The molecule has 1 amide bonds. The quantitative estimate of drug-likeness (QED) is 0.228. The third-order valence-corrected chi connectivity index (χ3v) is 6.92. The maximum absolute atomic E-state index is 13.4. The van der Waals surface area contributed by atoms with Crippen LogP contribution < -0.4 is 10.1 Å². The number of halogens is 4. The average molecular weight is 600 g/mol. The van der Waals surface area contributed by atoms with Crippen molar-refractivity contribution in [1.29, 1.82) is 0 Å². The molecule has 13 nitrogen and oxygen atoms in total. The molecule has 0 unspecified atom stereocenters. The highest BCUT2D eigenvalue weighted by Gasteiger charge is 2.26. The highest BCUT2D eigenvalue weighted by molar-refractivity contribution is 6.09. The van der Waals surface area contributed by atoms with Crippen molar-refractivity contribution < 1.29 is 27.1 Å². The molecule has 1 N–H and O–H groups in total. The molecule has 1 aliphatic rings. The number of carbonyl (C=O) groups excluding carboxylic acids is 1. The maximum atomic E-state index is 13.4. The van der Waals surface area contributed by atoms with Crippen molar-refractivity contribution in [2.45, 2.75) is 32.5 Å². The summed E-state index contributed by atoms with van der Waals surface area (Å²) in [6.07, 6.45) is 2.65. The minimum absolute atomic E-state index is 0.0115. The number of tetrazole rings is 1. The topological polar surface area (TPSA) is 133 Å². The van der Waals surface area contributed by atoms with Gasteiger partial charge in [0.15, 0.2) is 11.5 Å². The Morgan fingerprint density at radius 3 is 2.81 bits per heavy atom. The third kappa shape index (κ3) is 6.15. The first-order valence-corrected chi connectivity index (χ1v) is 13.2. The van der Waals surface area contributed by atoms with Crippen LogP contribution in [0.3, 0.4) is 0 Å². The fourth-order valence-corrected chi connectivity index (χ4v) is 5.05. The van der Waals surface area contributed by atoms with Crippen molar-refractivity contribution >= 4 is 17.2 Å². The predicted molar refractivity (Wildman–Crippen MR) is 143 cm³/mol. The number of likely N-dealkylation sites (tertiary alicyclic amines) is 1. The molecule has 4 aromatic heterocycles. The molecule has 17 heteroatoms. The van der Waals surface area contributed by atoms with E-state index >= 15 is 0 Å². The lowest BCUT2D eigenvalue weighted by molar-refractivity contribution is -0.0494. The van der Waals surface area contributed by atoms with Crippen LogP contribution in [0, 0.1) is 5.92 Å². The van der Waals surface area contributed by atoms with Gasteiger partial charge in [0, 0.05) is 49.6 Å². The highest BCUT2D eigenvalue weighted by atomic mass is 19.3. The van der Waals surface area contributed by atoms with Crippen LogP contribution in [0.2, 0.25) is 0 Å². The molecule has 1 aliphatic heterocycles. The van der Waals surface area contributed by atoms with Gasteiger partial charge in [0.05, 0.1) is 18.4 Å². The fourth-order valence-electron chi connectivity index (χ4n) is 5.05. The van der Waals surface area contributed by atoms with Crippen molar-refractivity contribution in [3.05, 3.63) is 66.0 Å². The summed E-state index contributed by atoms with van der Waals surface area (Å²) in [7, 11) is 2.02. The van der Waals surface area contributed by atoms with Crippen LogP contribution in [0.5, 0.6) is 5.75 Å². The standard InChI is InChI=1S/C26H25F4N11O2/c1-38-10-16(11-38)12-41-22(34-36-37-41)14-39-13-19(33-25(42)18-9-32-40-6-2-5-31-24(18)40)23(35-39)17-7-15(8-21(27)28)3-4-20(17)43-26(29)30/h2-7,9,13,16,21,26H,8,10-12,14H2,1H3,(H,33,42). The lowest BCUT2D eigenvalue weighted by Gasteiger charge is -2.35. The summed E-state index contributed by atoms with van der Waals surface area (Å²) in [5.74, 6) is -0.0518. The summed E-state index contributed by atoms with van der Waals surface area (Å²) in [6, 6.07) is 5.40. The zero-order chi connectivity index (χ0) is 30.1. The Kier molecular flexibility index (Phi) is 7.71. The monoisotopic (exact) mass is 599 g/mol. The minimum Gasteiger partial charge on any atom is -0.434 e. The third-order valence-electron chi connectivity index (χ3n) is 6.92. The molecule has 5 heterocycles. The van der Waals surface area contributed by atoms with Crippen LogP contribution in [0.15, 0.2) is 49.1 Å². The van der Waals surface area contributed by atoms with Crippen LogP contribution in [0.1, 0.15) is 21.7 Å². The molecule has 224 valence electrons. The average Bonchev–Trinajstić information content (AvgIpc) is 3.67. The van der Waals surface area contributed by atoms with Gasteiger partial charge in [0.2, 0.25) is 6.43 Å². The number of nitrogens with zero attached hydrogens (tertiary/aromatic N) is 10. The summed E-state index contributed by atoms with van der Waals surface area (Å²) >= 11 is 0. The summed E-state index contributed by atoms with van der Waals surface area (Å²) in [4.78, 5) is 19.7. The summed E-state index contributed by atoms with van der Waals surface area (Å²) < 4.78 is 62.4. The van der Waals surface area contributed by atoms with E-state index in [1.165, 1.54) is 46.0 Å². The highest BCUT2D eigenvalue weighted by Crippen LogP contribution is 2.36. The number of anilines is 1. The Balaban J connectivity index is 1.38. The molecule has 43 heavy (non-hydrogen) atoms. The van der Waals surface area contributed by atoms with E-state index in [9.17, 15) is 22.4 Å². The smallest absolute Gasteiger partial charge is 0.387 e. The molecular formula is C26H25F4N11O2. The van der Waals surface area contributed by atoms with Gasteiger partial charge in [-0.15, -0.1) is 5.10 Å². The van der Waals surface area contributed by atoms with Gasteiger partial charge in [0.25, 0.3) is 5.91 Å². The number of ether oxygens (including phenoxy) is 1. The van der Waals surface area contributed by atoms with E-state index in [1.54, 1.807) is 16.9 Å². The number of rotatable bonds is 11. The SMILES string of the molecule is CN1CC(Cn2nnnc2Cn2cc(NC(=O)c3cnn4cccnc34)c(-c3cc(CC(F)F)ccc3OC(F)F)n2)C1. The predicted octanol–water partition coefficient (Wildman–Crippen LogP) is 2.85. The van der Waals surface area contributed by atoms with E-state index in [0.717, 1.165) is 13.1 Å². The Labute approximate surface area is 241 Å². The number of alkyl halides is 4. The fraction of sp³-hybridized carbons (Fsp3) is 0.346. The Morgan fingerprint density at radius 2 is 2.05 bits per heavy atom. The van der Waals surface area contributed by atoms with E-state index in [-0.39, 0.29) is 46.0 Å². The van der Waals surface area contributed by atoms with E-state index in [4.69, 9.17) is 4.74 Å². The summed E-state index contributed by atoms with van der Waals surface area (Å²) in [5, 5.41) is 23.4. The van der Waals surface area contributed by atoms with Crippen molar-refractivity contribution in [3.8, 4) is 17.0 Å². The second-order valence-corrected chi connectivity index (χ2v) is 10.2. The van der Waals surface area contributed by atoms with E-state index in [0.29, 0.717) is 18.3 Å². The molecular weight excluding hydrogens is 574 g/mol. The van der Waals surface area contributed by atoms with Gasteiger partial charge in [-0.25, -0.2) is 23.0 Å². The van der Waals surface area contributed by atoms with Crippen LogP contribution in [-0.2, 0) is 19.5 Å². The number of hydrogen-bond donors (Lipinski definition) is 1. The molecule has 0 radical (unpaired) electrons. The van der Waals surface area contributed by atoms with Gasteiger partial charge in [-0.2, -0.15) is 19.0 Å². The Hall–Kier alpha value is -4.93. The zero-order valence-corrected chi connectivity index (χ0v) is 22.7. The second-order valence-electron chi connectivity index (χ2n) is 10.2. The summed E-state index contributed by atoms with van der Waals surface area (Å²) in [6.45, 7) is -0.726. The van der Waals surface area contributed by atoms with Gasteiger partial charge >= 0.3 is 6.61 Å². The molecule has 0 saturated carbocycles. The first-order chi connectivity index (χ1) is 20.7. The minimum atomic E-state index is -3.19. The first kappa shape index (κ1) is 28.2. The van der Waals surface area contributed by atoms with Crippen molar-refractivity contribution in [3.63, 3.8) is 0 Å². The van der Waals surface area contributed by atoms with Crippen LogP contribution in [0.4, 0.5) is 23.2 Å². The lowest BCUT2D eigenvalue weighted by Crippen LogP contribution is -2.45. The number of carbonyl (C=O) groups is 1. The van der Waals surface area contributed by atoms with E-state index < -0.39 is 25.4 Å². The number of fused-ring (bicyclic) bond motifs is 1. The lowest BCUT2D eigenvalue weighted by atomic mass is 10.0. The number of amides is 1. The molecule has 1 fully saturated rings. The van der Waals surface area contributed by atoms with Gasteiger partial charge in [-0.3, -0.25) is 9.48 Å². The van der Waals surface area contributed by atoms with Gasteiger partial charge in [-0.1, -0.05) is 6.07 Å². The summed E-state index contributed by atoms with van der Waals surface area (Å²) in [5.41, 5.74) is 0.708. The number of benzene rings is 1. The molecule has 0 spiro atoms. The van der Waals surface area contributed by atoms with Crippen LogP contribution in [0.25, 0.3) is 16.9 Å². The zero-order valence-electron chi connectivity index (χ0n) is 22.7. The second kappa shape index (κ2) is 11.7. The molecule has 0 bridgehead atoms. The van der Waals surface area contributed by atoms with Gasteiger partial charge in [-0.05, 0) is 41.2 Å². The molecule has 1 saturated heterocycles. The van der Waals surface area contributed by atoms with E-state index in [1.807, 2.05) is 7.05 Å². The van der Waals surface area contributed by atoms with E-state index in [2.05, 4.69) is 40.9 Å². The van der Waals surface area contributed by atoms with Gasteiger partial charge in [0.1, 0.15) is 23.6 Å². The molecule has 1 aromatic carbocycles. The number of aromatic nitrogens is 9. The first-order valence-electron chi connectivity index (χ1n) is 13.2. The molecule has 6 rings (SSSR count). The molecule has 0 atom stereocenters.